The van der Waals surface area contributed by atoms with Gasteiger partial charge in [0.15, 0.2) is 22.7 Å². The van der Waals surface area contributed by atoms with Gasteiger partial charge in [-0.3, -0.25) is 9.59 Å². The minimum absolute atomic E-state index is 0.0546. The Bertz CT molecular complexity index is 1530. The Hall–Kier alpha value is -3.72. The number of aromatic hydroxyl groups is 4. The van der Waals surface area contributed by atoms with Crippen LogP contribution in [0.2, 0.25) is 0 Å². The molecule has 3 aromatic rings. The number of carbonyl (C=O) groups excluding carboxylic acids is 1. The summed E-state index contributed by atoms with van der Waals surface area (Å²) in [4.78, 5) is 25.8. The number of phenolic OH excluding ortho intramolecular Hbond substituents is 4. The fourth-order valence-corrected chi connectivity index (χ4v) is 5.39. The number of benzene rings is 2. The monoisotopic (exact) mass is 560 g/mol. The number of ether oxygens (including phenoxy) is 2. The van der Waals surface area contributed by atoms with Crippen molar-refractivity contribution in [1.29, 1.82) is 0 Å². The van der Waals surface area contributed by atoms with Crippen molar-refractivity contribution in [3.63, 3.8) is 0 Å². The molecule has 8 N–H and O–H groups in total. The lowest BCUT2D eigenvalue weighted by Crippen LogP contribution is -2.63. The number of phenols is 4. The standard InChI is InChI=1S/C27H28O13/c1-8-20(32)23(35)19(27-25(37)24(36)21(33)9(2)39-27)26(38-8)18-14(31)7-16-17(22(18)34)13(30)6-15(40-16)10-3-4-11(28)12(29)5-10/h3-9,19,21,23-29,31,33-37H,1-2H3/t8?,9-,19?,21-,23?,24+,25+,26?,27-/m0/s1. The Balaban J connectivity index is 1.65. The molecule has 2 aliphatic rings. The van der Waals surface area contributed by atoms with Crippen LogP contribution in [0.4, 0.5) is 0 Å². The Morgan fingerprint density at radius 2 is 1.48 bits per heavy atom. The first kappa shape index (κ1) is 27.8. The zero-order valence-electron chi connectivity index (χ0n) is 21.2. The fourth-order valence-electron chi connectivity index (χ4n) is 5.39. The predicted molar refractivity (Wildman–Crippen MR) is 135 cm³/mol. The van der Waals surface area contributed by atoms with E-state index in [9.17, 15) is 50.4 Å². The molecule has 13 nitrogen and oxygen atoms in total. The summed E-state index contributed by atoms with van der Waals surface area (Å²) in [5, 5.41) is 83.3. The third-order valence-electron chi connectivity index (χ3n) is 7.58. The van der Waals surface area contributed by atoms with E-state index in [-0.39, 0.29) is 22.3 Å². The van der Waals surface area contributed by atoms with E-state index in [1.165, 1.54) is 26.0 Å². The van der Waals surface area contributed by atoms with Gasteiger partial charge in [-0.15, -0.1) is 0 Å². The minimum Gasteiger partial charge on any atom is -0.507 e. The Morgan fingerprint density at radius 3 is 2.15 bits per heavy atom. The van der Waals surface area contributed by atoms with Crippen LogP contribution < -0.4 is 5.43 Å². The molecule has 5 rings (SSSR count). The topological polar surface area (TPSA) is 228 Å². The van der Waals surface area contributed by atoms with Gasteiger partial charge in [-0.25, -0.2) is 0 Å². The first-order valence-corrected chi connectivity index (χ1v) is 12.4. The number of hydrogen-bond donors (Lipinski definition) is 8. The zero-order chi connectivity index (χ0) is 29.2. The smallest absolute Gasteiger partial charge is 0.197 e. The lowest BCUT2D eigenvalue weighted by Gasteiger charge is -2.48. The van der Waals surface area contributed by atoms with E-state index in [1.54, 1.807) is 0 Å². The Morgan fingerprint density at radius 1 is 0.775 bits per heavy atom. The van der Waals surface area contributed by atoms with Crippen LogP contribution >= 0.6 is 0 Å². The van der Waals surface area contributed by atoms with E-state index in [2.05, 4.69) is 0 Å². The maximum Gasteiger partial charge on any atom is 0.197 e. The van der Waals surface area contributed by atoms with Crippen LogP contribution in [0, 0.1) is 5.92 Å². The van der Waals surface area contributed by atoms with Gasteiger partial charge in [-0.2, -0.15) is 0 Å². The maximum atomic E-state index is 13.1. The van der Waals surface area contributed by atoms with Gasteiger partial charge in [0.25, 0.3) is 0 Å². The van der Waals surface area contributed by atoms with E-state index in [0.717, 1.165) is 18.2 Å². The molecule has 2 aliphatic heterocycles. The molecule has 214 valence electrons. The van der Waals surface area contributed by atoms with Crippen LogP contribution in [-0.4, -0.2) is 89.4 Å². The van der Waals surface area contributed by atoms with Crippen LogP contribution in [0.5, 0.6) is 23.0 Å². The largest absolute Gasteiger partial charge is 0.507 e. The molecule has 2 saturated heterocycles. The second-order valence-electron chi connectivity index (χ2n) is 10.1. The number of aliphatic hydroxyl groups excluding tert-OH is 4. The number of aliphatic hydroxyl groups is 4. The van der Waals surface area contributed by atoms with Crippen LogP contribution in [0.3, 0.4) is 0 Å². The zero-order valence-corrected chi connectivity index (χ0v) is 21.2. The second-order valence-corrected chi connectivity index (χ2v) is 10.1. The predicted octanol–water partition coefficient (Wildman–Crippen LogP) is 0.158. The van der Waals surface area contributed by atoms with Crippen LogP contribution in [-0.2, 0) is 14.3 Å². The third-order valence-corrected chi connectivity index (χ3v) is 7.58. The Labute approximate surface area is 225 Å². The summed E-state index contributed by atoms with van der Waals surface area (Å²) in [5.74, 6) is -4.64. The SMILES string of the molecule is CC1OC(c2c(O)cc3oc(-c4ccc(O)c(O)c4)cc(=O)c3c2O)C([C@@H]2O[C@@H](C)[C@H](O)[C@@H](O)[C@H]2O)C(O)C1=O. The van der Waals surface area contributed by atoms with Gasteiger partial charge in [0.2, 0.25) is 0 Å². The van der Waals surface area contributed by atoms with E-state index < -0.39 is 94.5 Å². The Kier molecular flexibility index (Phi) is 6.98. The molecule has 0 spiro atoms. The number of ketones is 1. The van der Waals surface area contributed by atoms with Crippen LogP contribution in [0.15, 0.2) is 39.5 Å². The summed E-state index contributed by atoms with van der Waals surface area (Å²) in [6.07, 6.45) is -12.1. The number of hydrogen-bond acceptors (Lipinski definition) is 13. The molecule has 1 aromatic heterocycles. The van der Waals surface area contributed by atoms with Crippen molar-refractivity contribution >= 4 is 16.8 Å². The first-order chi connectivity index (χ1) is 18.8. The van der Waals surface area contributed by atoms with E-state index >= 15 is 0 Å². The molecule has 9 atom stereocenters. The van der Waals surface area contributed by atoms with Gasteiger partial charge in [0, 0.05) is 17.7 Å². The molecule has 0 radical (unpaired) electrons. The van der Waals surface area contributed by atoms with E-state index in [0.29, 0.717) is 0 Å². The maximum absolute atomic E-state index is 13.1. The molecule has 0 aliphatic carbocycles. The lowest BCUT2D eigenvalue weighted by molar-refractivity contribution is -0.258. The number of fused-ring (bicyclic) bond motifs is 1. The normalized spacial score (nSPS) is 32.9. The number of rotatable bonds is 3. The molecule has 3 heterocycles. The summed E-state index contributed by atoms with van der Waals surface area (Å²) in [6, 6.07) is 5.73. The van der Waals surface area contributed by atoms with Crippen molar-refractivity contribution in [2.75, 3.05) is 0 Å². The second kappa shape index (κ2) is 10.0. The van der Waals surface area contributed by atoms with Gasteiger partial charge in [-0.1, -0.05) is 0 Å². The van der Waals surface area contributed by atoms with Gasteiger partial charge in [0.1, 0.15) is 58.7 Å². The molecule has 13 heteroatoms. The van der Waals surface area contributed by atoms with Crippen molar-refractivity contribution in [1.82, 2.24) is 0 Å². The summed E-state index contributed by atoms with van der Waals surface area (Å²) in [7, 11) is 0. The van der Waals surface area contributed by atoms with Gasteiger partial charge in [0.05, 0.1) is 29.8 Å². The molecule has 0 bridgehead atoms. The first-order valence-electron chi connectivity index (χ1n) is 12.4. The highest BCUT2D eigenvalue weighted by Gasteiger charge is 2.55. The lowest BCUT2D eigenvalue weighted by atomic mass is 9.76. The molecule has 2 fully saturated rings. The van der Waals surface area contributed by atoms with Gasteiger partial charge >= 0.3 is 0 Å². The average molecular weight is 561 g/mol. The third kappa shape index (κ3) is 4.36. The molecule has 2 aromatic carbocycles. The van der Waals surface area contributed by atoms with Crippen LogP contribution in [0.1, 0.15) is 25.5 Å². The highest BCUT2D eigenvalue weighted by Crippen LogP contribution is 2.49. The van der Waals surface area contributed by atoms with Gasteiger partial charge in [-0.05, 0) is 32.0 Å². The summed E-state index contributed by atoms with van der Waals surface area (Å²) in [6.45, 7) is 2.74. The van der Waals surface area contributed by atoms with Crippen molar-refractivity contribution in [2.45, 2.75) is 62.7 Å². The summed E-state index contributed by atoms with van der Waals surface area (Å²) >= 11 is 0. The molecule has 0 saturated carbocycles. The summed E-state index contributed by atoms with van der Waals surface area (Å²) < 4.78 is 17.2. The average Bonchev–Trinajstić information content (AvgIpc) is 2.89. The van der Waals surface area contributed by atoms with Crippen molar-refractivity contribution < 1.29 is 59.5 Å². The molecule has 40 heavy (non-hydrogen) atoms. The number of carbonyl (C=O) groups is 1. The van der Waals surface area contributed by atoms with Crippen molar-refractivity contribution in [3.8, 4) is 34.3 Å². The number of Topliss-reactive ketones (excluding diaryl/α,β-unsaturated/α-hetero) is 1. The van der Waals surface area contributed by atoms with Crippen molar-refractivity contribution in [2.24, 2.45) is 5.92 Å². The molecular formula is C27H28O13. The highest BCUT2D eigenvalue weighted by atomic mass is 16.5. The summed E-state index contributed by atoms with van der Waals surface area (Å²) in [5.41, 5.74) is -1.21. The fraction of sp³-hybridized carbons (Fsp3) is 0.407. The minimum atomic E-state index is -1.85. The quantitative estimate of drug-likeness (QED) is 0.200. The highest BCUT2D eigenvalue weighted by molar-refractivity contribution is 5.90. The van der Waals surface area contributed by atoms with E-state index in [1.807, 2.05) is 0 Å². The van der Waals surface area contributed by atoms with E-state index in [4.69, 9.17) is 13.9 Å². The van der Waals surface area contributed by atoms with Gasteiger partial charge < -0.3 is 54.7 Å². The van der Waals surface area contributed by atoms with Crippen LogP contribution in [0.25, 0.3) is 22.3 Å². The molecular weight excluding hydrogens is 532 g/mol. The van der Waals surface area contributed by atoms with Crippen molar-refractivity contribution in [3.05, 3.63) is 46.1 Å². The molecule has 4 unspecified atom stereocenters. The molecule has 0 amide bonds.